The number of alkyl halides is 3. The third kappa shape index (κ3) is 5.47. The van der Waals surface area contributed by atoms with E-state index < -0.39 is 15.1 Å². The van der Waals surface area contributed by atoms with Gasteiger partial charge in [-0.3, -0.25) is 4.79 Å². The summed E-state index contributed by atoms with van der Waals surface area (Å²) in [5.74, 6) is -0.397. The SMILES string of the molecule is Cc1ccc(SC(NC(=O)c2ccccc2Cl)C(Cl)(Cl)Cl)cc1. The Balaban J connectivity index is 2.18. The lowest BCUT2D eigenvalue weighted by Crippen LogP contribution is -2.41. The van der Waals surface area contributed by atoms with E-state index in [1.165, 1.54) is 11.8 Å². The molecule has 0 saturated heterocycles. The van der Waals surface area contributed by atoms with Gasteiger partial charge in [0, 0.05) is 4.90 Å². The summed E-state index contributed by atoms with van der Waals surface area (Å²) in [6, 6.07) is 14.4. The minimum atomic E-state index is -1.67. The van der Waals surface area contributed by atoms with E-state index >= 15 is 0 Å². The molecule has 1 atom stereocenters. The second-order valence-electron chi connectivity index (χ2n) is 4.81. The Morgan fingerprint density at radius 1 is 1.09 bits per heavy atom. The summed E-state index contributed by atoms with van der Waals surface area (Å²) in [4.78, 5) is 13.3. The molecule has 122 valence electrons. The van der Waals surface area contributed by atoms with Gasteiger partial charge < -0.3 is 5.32 Å². The van der Waals surface area contributed by atoms with E-state index in [-0.39, 0.29) is 0 Å². The molecule has 1 N–H and O–H groups in total. The van der Waals surface area contributed by atoms with Crippen LogP contribution in [0.5, 0.6) is 0 Å². The second kappa shape index (κ2) is 8.00. The smallest absolute Gasteiger partial charge is 0.253 e. The maximum Gasteiger partial charge on any atom is 0.253 e. The number of hydrogen-bond acceptors (Lipinski definition) is 2. The van der Waals surface area contributed by atoms with Crippen LogP contribution in [0.3, 0.4) is 0 Å². The number of hydrogen-bond donors (Lipinski definition) is 1. The topological polar surface area (TPSA) is 29.1 Å². The first-order chi connectivity index (χ1) is 10.8. The largest absolute Gasteiger partial charge is 0.336 e. The Morgan fingerprint density at radius 2 is 1.70 bits per heavy atom. The van der Waals surface area contributed by atoms with Crippen LogP contribution in [-0.2, 0) is 0 Å². The summed E-state index contributed by atoms with van der Waals surface area (Å²) in [5, 5.41) is 2.30. The fourth-order valence-corrected chi connectivity index (χ4v) is 3.42. The van der Waals surface area contributed by atoms with Crippen molar-refractivity contribution in [3.8, 4) is 0 Å². The lowest BCUT2D eigenvalue weighted by molar-refractivity contribution is 0.0950. The van der Waals surface area contributed by atoms with Gasteiger partial charge in [0.15, 0.2) is 0 Å². The molecule has 0 spiro atoms. The normalized spacial score (nSPS) is 12.7. The highest BCUT2D eigenvalue weighted by molar-refractivity contribution is 8.00. The molecular weight excluding hydrogens is 396 g/mol. The predicted octanol–water partition coefficient (Wildman–Crippen LogP) is 5.87. The van der Waals surface area contributed by atoms with Gasteiger partial charge in [0.05, 0.1) is 10.6 Å². The Hall–Kier alpha value is -0.580. The number of benzene rings is 2. The highest BCUT2D eigenvalue weighted by Gasteiger charge is 2.35. The summed E-state index contributed by atoms with van der Waals surface area (Å²) >= 11 is 25.3. The minimum Gasteiger partial charge on any atom is -0.336 e. The maximum absolute atomic E-state index is 12.4. The molecule has 2 nitrogen and oxygen atoms in total. The molecule has 0 saturated carbocycles. The number of amides is 1. The number of nitrogens with one attached hydrogen (secondary N) is 1. The van der Waals surface area contributed by atoms with Crippen molar-refractivity contribution in [3.05, 3.63) is 64.7 Å². The van der Waals surface area contributed by atoms with Crippen molar-refractivity contribution < 1.29 is 4.79 Å². The average molecular weight is 409 g/mol. The van der Waals surface area contributed by atoms with Gasteiger partial charge >= 0.3 is 0 Å². The molecule has 0 radical (unpaired) electrons. The summed E-state index contributed by atoms with van der Waals surface area (Å²) in [5.41, 5.74) is 1.46. The Labute approximate surface area is 159 Å². The van der Waals surface area contributed by atoms with E-state index in [9.17, 15) is 4.79 Å². The molecule has 0 bridgehead atoms. The lowest BCUT2D eigenvalue weighted by atomic mass is 10.2. The third-order valence-corrected chi connectivity index (χ3v) is 5.58. The average Bonchev–Trinajstić information content (AvgIpc) is 2.48. The predicted molar refractivity (Wildman–Crippen MR) is 100 cm³/mol. The monoisotopic (exact) mass is 407 g/mol. The van der Waals surface area contributed by atoms with E-state index in [4.69, 9.17) is 46.4 Å². The first kappa shape index (κ1) is 18.8. The van der Waals surface area contributed by atoms with Crippen LogP contribution >= 0.6 is 58.2 Å². The summed E-state index contributed by atoms with van der Waals surface area (Å²) in [7, 11) is 0. The highest BCUT2D eigenvalue weighted by atomic mass is 35.6. The maximum atomic E-state index is 12.4. The van der Waals surface area contributed by atoms with Gasteiger partial charge in [0.1, 0.15) is 5.37 Å². The van der Waals surface area contributed by atoms with Crippen LogP contribution in [0.25, 0.3) is 0 Å². The van der Waals surface area contributed by atoms with Crippen molar-refractivity contribution in [1.29, 1.82) is 0 Å². The number of halogens is 4. The van der Waals surface area contributed by atoms with Gasteiger partial charge in [-0.05, 0) is 31.2 Å². The van der Waals surface area contributed by atoms with Crippen molar-refractivity contribution in [1.82, 2.24) is 5.32 Å². The number of rotatable bonds is 4. The van der Waals surface area contributed by atoms with Crippen molar-refractivity contribution in [2.24, 2.45) is 0 Å². The van der Waals surface area contributed by atoms with Gasteiger partial charge in [-0.15, -0.1) is 0 Å². The van der Waals surface area contributed by atoms with Gasteiger partial charge in [-0.2, -0.15) is 0 Å². The Morgan fingerprint density at radius 3 is 2.26 bits per heavy atom. The highest BCUT2D eigenvalue weighted by Crippen LogP contribution is 2.39. The van der Waals surface area contributed by atoms with E-state index in [2.05, 4.69) is 5.32 Å². The second-order valence-corrected chi connectivity index (χ2v) is 8.76. The molecule has 0 aliphatic rings. The van der Waals surface area contributed by atoms with E-state index in [0.29, 0.717) is 10.6 Å². The molecule has 0 fully saturated rings. The van der Waals surface area contributed by atoms with Crippen LogP contribution in [0.4, 0.5) is 0 Å². The van der Waals surface area contributed by atoms with Crippen LogP contribution < -0.4 is 5.32 Å². The zero-order valence-electron chi connectivity index (χ0n) is 12.0. The van der Waals surface area contributed by atoms with Crippen molar-refractivity contribution in [3.63, 3.8) is 0 Å². The summed E-state index contributed by atoms with van der Waals surface area (Å²) in [6.45, 7) is 1.99. The minimum absolute atomic E-state index is 0.331. The molecule has 7 heteroatoms. The van der Waals surface area contributed by atoms with E-state index in [1.807, 2.05) is 31.2 Å². The summed E-state index contributed by atoms with van der Waals surface area (Å²) in [6.07, 6.45) is 0. The lowest BCUT2D eigenvalue weighted by Gasteiger charge is -2.25. The van der Waals surface area contributed by atoms with E-state index in [0.717, 1.165) is 10.5 Å². The zero-order chi connectivity index (χ0) is 17.0. The van der Waals surface area contributed by atoms with Crippen molar-refractivity contribution in [2.45, 2.75) is 21.0 Å². The quantitative estimate of drug-likeness (QED) is 0.389. The molecular formula is C16H13Cl4NOS. The Kier molecular flexibility index (Phi) is 6.52. The molecule has 0 aromatic heterocycles. The zero-order valence-corrected chi connectivity index (χ0v) is 15.9. The molecule has 1 unspecified atom stereocenters. The van der Waals surface area contributed by atoms with Gasteiger partial charge in [-0.25, -0.2) is 0 Å². The fraction of sp³-hybridized carbons (Fsp3) is 0.188. The molecule has 0 aliphatic heterocycles. The van der Waals surface area contributed by atoms with Crippen LogP contribution in [-0.4, -0.2) is 15.1 Å². The van der Waals surface area contributed by atoms with Crippen LogP contribution in [0.1, 0.15) is 15.9 Å². The van der Waals surface area contributed by atoms with Crippen molar-refractivity contribution in [2.75, 3.05) is 0 Å². The first-order valence-corrected chi connectivity index (χ1v) is 9.02. The number of carbonyl (C=O) groups excluding carboxylic acids is 1. The molecule has 23 heavy (non-hydrogen) atoms. The number of thioether (sulfide) groups is 1. The summed E-state index contributed by atoms with van der Waals surface area (Å²) < 4.78 is -1.67. The first-order valence-electron chi connectivity index (χ1n) is 6.63. The molecule has 1 amide bonds. The molecule has 2 rings (SSSR count). The Bertz CT molecular complexity index is 685. The van der Waals surface area contributed by atoms with Gasteiger partial charge in [0.2, 0.25) is 3.79 Å². The van der Waals surface area contributed by atoms with E-state index in [1.54, 1.807) is 24.3 Å². The third-order valence-electron chi connectivity index (χ3n) is 2.95. The van der Waals surface area contributed by atoms with Gasteiger partial charge in [-0.1, -0.05) is 88.0 Å². The molecule has 2 aromatic carbocycles. The van der Waals surface area contributed by atoms with Crippen molar-refractivity contribution >= 4 is 64.1 Å². The van der Waals surface area contributed by atoms with Crippen LogP contribution in [0, 0.1) is 6.92 Å². The van der Waals surface area contributed by atoms with Crippen LogP contribution in [0.2, 0.25) is 5.02 Å². The van der Waals surface area contributed by atoms with Crippen LogP contribution in [0.15, 0.2) is 53.4 Å². The van der Waals surface area contributed by atoms with Gasteiger partial charge in [0.25, 0.3) is 5.91 Å². The number of carbonyl (C=O) groups is 1. The fourth-order valence-electron chi connectivity index (χ4n) is 1.77. The molecule has 0 aliphatic carbocycles. The molecule has 0 heterocycles. The number of aryl methyl sites for hydroxylation is 1. The standard InChI is InChI=1S/C16H13Cl4NOS/c1-10-6-8-11(9-7-10)23-15(16(18,19)20)21-14(22)12-4-2-3-5-13(12)17/h2-9,15H,1H3,(H,21,22). The molecule has 2 aromatic rings.